The van der Waals surface area contributed by atoms with E-state index in [2.05, 4.69) is 17.2 Å². The van der Waals surface area contributed by atoms with E-state index in [0.717, 1.165) is 17.7 Å². The van der Waals surface area contributed by atoms with Crippen LogP contribution in [0.3, 0.4) is 0 Å². The Kier molecular flexibility index (Phi) is 5.21. The second kappa shape index (κ2) is 7.56. The summed E-state index contributed by atoms with van der Waals surface area (Å²) in [4.78, 5) is 13.1. The molecule has 4 nitrogen and oxygen atoms in total. The lowest BCUT2D eigenvalue weighted by atomic mass is 9.94. The molecule has 3 rings (SSSR count). The van der Waals surface area contributed by atoms with E-state index in [9.17, 15) is 9.90 Å². The number of nitrogens with zero attached hydrogens (tertiary/aromatic N) is 2. The molecule has 134 valence electrons. The van der Waals surface area contributed by atoms with Gasteiger partial charge in [0.1, 0.15) is 5.75 Å². The van der Waals surface area contributed by atoms with Crippen molar-refractivity contribution in [2.24, 2.45) is 0 Å². The molecular weight excluding hydrogens is 324 g/mol. The minimum absolute atomic E-state index is 0.0184. The highest BCUT2D eigenvalue weighted by molar-refractivity contribution is 5.74. The van der Waals surface area contributed by atoms with Crippen molar-refractivity contribution in [3.05, 3.63) is 81.8 Å². The average molecular weight is 348 g/mol. The second-order valence-corrected chi connectivity index (χ2v) is 6.79. The quantitative estimate of drug-likeness (QED) is 0.748. The first-order chi connectivity index (χ1) is 12.5. The standard InChI is InChI=1S/C22H24N2O2/c1-15(2)24-22(26)19(14-13-17-9-5-4-6-10-17)21(16(3)23-24)18-11-7-8-12-20(18)25/h4-12,15,25H,13-14H2,1-3H3. The Morgan fingerprint density at radius 2 is 1.65 bits per heavy atom. The summed E-state index contributed by atoms with van der Waals surface area (Å²) in [6.07, 6.45) is 1.36. The van der Waals surface area contributed by atoms with Crippen LogP contribution in [0.5, 0.6) is 5.75 Å². The normalized spacial score (nSPS) is 11.1. The molecule has 1 N–H and O–H groups in total. The van der Waals surface area contributed by atoms with Crippen LogP contribution >= 0.6 is 0 Å². The summed E-state index contributed by atoms with van der Waals surface area (Å²) in [6, 6.07) is 17.2. The van der Waals surface area contributed by atoms with E-state index in [1.165, 1.54) is 5.56 Å². The molecule has 4 heteroatoms. The van der Waals surface area contributed by atoms with Gasteiger partial charge in [-0.1, -0.05) is 48.5 Å². The maximum atomic E-state index is 13.1. The van der Waals surface area contributed by atoms with Crippen LogP contribution in [0.25, 0.3) is 11.1 Å². The maximum Gasteiger partial charge on any atom is 0.270 e. The van der Waals surface area contributed by atoms with Crippen LogP contribution in [0.1, 0.15) is 36.7 Å². The molecule has 0 aliphatic rings. The number of rotatable bonds is 5. The van der Waals surface area contributed by atoms with Crippen molar-refractivity contribution >= 4 is 0 Å². The van der Waals surface area contributed by atoms with Crippen molar-refractivity contribution in [2.45, 2.75) is 39.7 Å². The Morgan fingerprint density at radius 3 is 2.31 bits per heavy atom. The van der Waals surface area contributed by atoms with E-state index < -0.39 is 0 Å². The van der Waals surface area contributed by atoms with Crippen molar-refractivity contribution in [1.82, 2.24) is 9.78 Å². The summed E-state index contributed by atoms with van der Waals surface area (Å²) in [7, 11) is 0. The third kappa shape index (κ3) is 3.54. The predicted octanol–water partition coefficient (Wildman–Crippen LogP) is 4.29. The first kappa shape index (κ1) is 17.9. The number of para-hydroxylation sites is 1. The molecule has 0 atom stereocenters. The van der Waals surface area contributed by atoms with Crippen LogP contribution in [0.2, 0.25) is 0 Å². The highest BCUT2D eigenvalue weighted by atomic mass is 16.3. The molecule has 3 aromatic rings. The van der Waals surface area contributed by atoms with Crippen molar-refractivity contribution in [3.8, 4) is 16.9 Å². The fourth-order valence-corrected chi connectivity index (χ4v) is 3.26. The van der Waals surface area contributed by atoms with Gasteiger partial charge in [0.15, 0.2) is 0 Å². The molecule has 0 amide bonds. The molecule has 1 heterocycles. The topological polar surface area (TPSA) is 55.1 Å². The van der Waals surface area contributed by atoms with Gasteiger partial charge in [-0.3, -0.25) is 4.79 Å². The third-order valence-corrected chi connectivity index (χ3v) is 4.56. The second-order valence-electron chi connectivity index (χ2n) is 6.79. The van der Waals surface area contributed by atoms with Gasteiger partial charge in [0.05, 0.1) is 11.7 Å². The first-order valence-corrected chi connectivity index (χ1v) is 8.93. The molecule has 0 spiro atoms. The van der Waals surface area contributed by atoms with Crippen molar-refractivity contribution in [3.63, 3.8) is 0 Å². The number of benzene rings is 2. The van der Waals surface area contributed by atoms with Gasteiger partial charge in [-0.2, -0.15) is 5.10 Å². The van der Waals surface area contributed by atoms with Crippen molar-refractivity contribution < 1.29 is 5.11 Å². The molecule has 0 saturated carbocycles. The van der Waals surface area contributed by atoms with Crippen LogP contribution in [-0.4, -0.2) is 14.9 Å². The molecule has 0 aliphatic carbocycles. The first-order valence-electron chi connectivity index (χ1n) is 8.93. The predicted molar refractivity (Wildman–Crippen MR) is 105 cm³/mol. The summed E-state index contributed by atoms with van der Waals surface area (Å²) in [5.74, 6) is 0.167. The van der Waals surface area contributed by atoms with Gasteiger partial charge in [0.25, 0.3) is 5.56 Å². The Balaban J connectivity index is 2.15. The third-order valence-electron chi connectivity index (χ3n) is 4.56. The smallest absolute Gasteiger partial charge is 0.270 e. The fraction of sp³-hybridized carbons (Fsp3) is 0.273. The lowest BCUT2D eigenvalue weighted by Crippen LogP contribution is -2.30. The molecular formula is C22H24N2O2. The van der Waals surface area contributed by atoms with Gasteiger partial charge < -0.3 is 5.11 Å². The van der Waals surface area contributed by atoms with Crippen molar-refractivity contribution in [1.29, 1.82) is 0 Å². The van der Waals surface area contributed by atoms with Crippen LogP contribution < -0.4 is 5.56 Å². The van der Waals surface area contributed by atoms with Gasteiger partial charge in [-0.05, 0) is 45.2 Å². The van der Waals surface area contributed by atoms with E-state index >= 15 is 0 Å². The zero-order chi connectivity index (χ0) is 18.7. The molecule has 2 aromatic carbocycles. The maximum absolute atomic E-state index is 13.1. The van der Waals surface area contributed by atoms with Gasteiger partial charge in [0, 0.05) is 16.7 Å². The van der Waals surface area contributed by atoms with Gasteiger partial charge in [-0.25, -0.2) is 4.68 Å². The van der Waals surface area contributed by atoms with E-state index in [4.69, 9.17) is 0 Å². The molecule has 26 heavy (non-hydrogen) atoms. The SMILES string of the molecule is Cc1nn(C(C)C)c(=O)c(CCc2ccccc2)c1-c1ccccc1O. The number of hydrogen-bond donors (Lipinski definition) is 1. The highest BCUT2D eigenvalue weighted by Crippen LogP contribution is 2.32. The van der Waals surface area contributed by atoms with E-state index in [1.807, 2.05) is 51.1 Å². The van der Waals surface area contributed by atoms with Gasteiger partial charge in [-0.15, -0.1) is 0 Å². The lowest BCUT2D eigenvalue weighted by Gasteiger charge is -2.18. The summed E-state index contributed by atoms with van der Waals surface area (Å²) in [5, 5.41) is 14.8. The summed E-state index contributed by atoms with van der Waals surface area (Å²) in [5.41, 5.74) is 3.97. The Labute approximate surface area is 153 Å². The summed E-state index contributed by atoms with van der Waals surface area (Å²) < 4.78 is 1.54. The summed E-state index contributed by atoms with van der Waals surface area (Å²) >= 11 is 0. The molecule has 1 aromatic heterocycles. The van der Waals surface area contributed by atoms with E-state index in [-0.39, 0.29) is 17.4 Å². The Morgan fingerprint density at radius 1 is 1.00 bits per heavy atom. The number of phenols is 1. The Bertz CT molecular complexity index is 960. The molecule has 0 unspecified atom stereocenters. The number of phenolic OH excluding ortho intramolecular Hbond substituents is 1. The number of hydrogen-bond acceptors (Lipinski definition) is 3. The molecule has 0 fully saturated rings. The van der Waals surface area contributed by atoms with E-state index in [1.54, 1.807) is 16.8 Å². The van der Waals surface area contributed by atoms with Crippen LogP contribution in [0, 0.1) is 6.92 Å². The highest BCUT2D eigenvalue weighted by Gasteiger charge is 2.19. The monoisotopic (exact) mass is 348 g/mol. The number of aromatic hydroxyl groups is 1. The minimum atomic E-state index is -0.0835. The zero-order valence-corrected chi connectivity index (χ0v) is 15.4. The molecule has 0 radical (unpaired) electrons. The summed E-state index contributed by atoms with van der Waals surface area (Å²) in [6.45, 7) is 5.80. The average Bonchev–Trinajstić information content (AvgIpc) is 2.63. The molecule has 0 saturated heterocycles. The van der Waals surface area contributed by atoms with Crippen LogP contribution in [0.4, 0.5) is 0 Å². The zero-order valence-electron chi connectivity index (χ0n) is 15.4. The number of aryl methyl sites for hydroxylation is 2. The van der Waals surface area contributed by atoms with Gasteiger partial charge >= 0.3 is 0 Å². The molecule has 0 aliphatic heterocycles. The van der Waals surface area contributed by atoms with Gasteiger partial charge in [0.2, 0.25) is 0 Å². The molecule has 0 bridgehead atoms. The number of aromatic nitrogens is 2. The lowest BCUT2D eigenvalue weighted by molar-refractivity contribution is 0.476. The Hall–Kier alpha value is -2.88. The largest absolute Gasteiger partial charge is 0.507 e. The van der Waals surface area contributed by atoms with Crippen LogP contribution in [-0.2, 0) is 12.8 Å². The minimum Gasteiger partial charge on any atom is -0.507 e. The van der Waals surface area contributed by atoms with Crippen LogP contribution in [0.15, 0.2) is 59.4 Å². The van der Waals surface area contributed by atoms with E-state index in [0.29, 0.717) is 17.5 Å². The fourth-order valence-electron chi connectivity index (χ4n) is 3.26. The van der Waals surface area contributed by atoms with Crippen molar-refractivity contribution in [2.75, 3.05) is 0 Å².